The van der Waals surface area contributed by atoms with Gasteiger partial charge in [0.15, 0.2) is 0 Å². The number of non-ortho nitro benzene ring substituents is 1. The van der Waals surface area contributed by atoms with Crippen molar-refractivity contribution in [3.05, 3.63) is 69.8 Å². The number of hydrogen-bond donors (Lipinski definition) is 1. The molecule has 1 atom stereocenters. The summed E-state index contributed by atoms with van der Waals surface area (Å²) >= 11 is 0. The standard InChI is InChI=1S/C20H24N2O6S/c1-14(2)12-19(21-29(26,27)18-10-4-15(3)5-11-18)20(23)28-13-16-6-8-17(9-7-16)22(24)25/h4-11,14,19,21H,12-13H2,1-3H3/t19-/m1/s1. The van der Waals surface area contributed by atoms with Crippen LogP contribution >= 0.6 is 0 Å². The average Bonchev–Trinajstić information content (AvgIpc) is 2.65. The summed E-state index contributed by atoms with van der Waals surface area (Å²) in [6.07, 6.45) is 0.268. The first-order valence-electron chi connectivity index (χ1n) is 9.07. The molecule has 0 bridgehead atoms. The van der Waals surface area contributed by atoms with E-state index < -0.39 is 27.0 Å². The van der Waals surface area contributed by atoms with E-state index in [9.17, 15) is 23.3 Å². The van der Waals surface area contributed by atoms with Crippen LogP contribution in [0.25, 0.3) is 0 Å². The maximum absolute atomic E-state index is 12.6. The molecule has 1 N–H and O–H groups in total. The summed E-state index contributed by atoms with van der Waals surface area (Å²) in [5, 5.41) is 10.7. The van der Waals surface area contributed by atoms with Crippen LogP contribution in [0, 0.1) is 23.0 Å². The zero-order valence-corrected chi connectivity index (χ0v) is 17.3. The number of nitro benzene ring substituents is 1. The second kappa shape index (κ2) is 9.62. The summed E-state index contributed by atoms with van der Waals surface area (Å²) in [6.45, 7) is 5.48. The van der Waals surface area contributed by atoms with Gasteiger partial charge in [-0.1, -0.05) is 31.5 Å². The fourth-order valence-corrected chi connectivity index (χ4v) is 3.80. The third-order valence-corrected chi connectivity index (χ3v) is 5.64. The van der Waals surface area contributed by atoms with Crippen LogP contribution in [0.2, 0.25) is 0 Å². The Hall–Kier alpha value is -2.78. The number of esters is 1. The largest absolute Gasteiger partial charge is 0.460 e. The molecule has 0 aliphatic heterocycles. The first kappa shape index (κ1) is 22.5. The average molecular weight is 420 g/mol. The van der Waals surface area contributed by atoms with Gasteiger partial charge < -0.3 is 4.74 Å². The molecule has 0 aliphatic carbocycles. The first-order valence-corrected chi connectivity index (χ1v) is 10.6. The highest BCUT2D eigenvalue weighted by Gasteiger charge is 2.27. The van der Waals surface area contributed by atoms with Crippen LogP contribution in [0.3, 0.4) is 0 Å². The van der Waals surface area contributed by atoms with Crippen LogP contribution in [0.4, 0.5) is 5.69 Å². The number of nitrogens with one attached hydrogen (secondary N) is 1. The highest BCUT2D eigenvalue weighted by molar-refractivity contribution is 7.89. The highest BCUT2D eigenvalue weighted by atomic mass is 32.2. The number of hydrogen-bond acceptors (Lipinski definition) is 6. The molecule has 0 aromatic heterocycles. The van der Waals surface area contributed by atoms with Gasteiger partial charge in [0.05, 0.1) is 9.82 Å². The lowest BCUT2D eigenvalue weighted by Crippen LogP contribution is -2.42. The van der Waals surface area contributed by atoms with Gasteiger partial charge in [0.25, 0.3) is 5.69 Å². The first-order chi connectivity index (χ1) is 13.6. The summed E-state index contributed by atoms with van der Waals surface area (Å²) < 4.78 is 33.0. The van der Waals surface area contributed by atoms with Gasteiger partial charge in [0, 0.05) is 12.1 Å². The summed E-state index contributed by atoms with van der Waals surface area (Å²) in [7, 11) is -3.89. The predicted octanol–water partition coefficient (Wildman–Crippen LogP) is 3.34. The molecule has 2 aromatic carbocycles. The molecule has 0 saturated carbocycles. The van der Waals surface area contributed by atoms with Gasteiger partial charge in [-0.05, 0) is 49.1 Å². The Morgan fingerprint density at radius 1 is 1.10 bits per heavy atom. The lowest BCUT2D eigenvalue weighted by Gasteiger charge is -2.19. The second-order valence-electron chi connectivity index (χ2n) is 7.15. The summed E-state index contributed by atoms with van der Waals surface area (Å²) in [5.41, 5.74) is 1.42. The molecule has 0 unspecified atom stereocenters. The minimum Gasteiger partial charge on any atom is -0.460 e. The van der Waals surface area contributed by atoms with Gasteiger partial charge in [-0.25, -0.2) is 8.42 Å². The Balaban J connectivity index is 2.09. The molecule has 2 rings (SSSR count). The van der Waals surface area contributed by atoms with E-state index in [1.807, 2.05) is 20.8 Å². The molecular weight excluding hydrogens is 396 g/mol. The van der Waals surface area contributed by atoms with Crippen molar-refractivity contribution < 1.29 is 22.9 Å². The molecule has 9 heteroatoms. The third-order valence-electron chi connectivity index (χ3n) is 4.15. The van der Waals surface area contributed by atoms with Gasteiger partial charge in [-0.2, -0.15) is 4.72 Å². The lowest BCUT2D eigenvalue weighted by molar-refractivity contribution is -0.384. The molecule has 0 amide bonds. The number of nitrogens with zero attached hydrogens (tertiary/aromatic N) is 1. The van der Waals surface area contributed by atoms with Gasteiger partial charge in [0.2, 0.25) is 10.0 Å². The van der Waals surface area contributed by atoms with E-state index >= 15 is 0 Å². The maximum atomic E-state index is 12.6. The molecule has 0 fully saturated rings. The minimum atomic E-state index is -3.89. The minimum absolute atomic E-state index is 0.0487. The fourth-order valence-electron chi connectivity index (χ4n) is 2.61. The Morgan fingerprint density at radius 2 is 1.69 bits per heavy atom. The van der Waals surface area contributed by atoms with E-state index in [0.717, 1.165) is 5.56 Å². The maximum Gasteiger partial charge on any atom is 0.324 e. The van der Waals surface area contributed by atoms with Crippen molar-refractivity contribution in [3.8, 4) is 0 Å². The van der Waals surface area contributed by atoms with Gasteiger partial charge in [0.1, 0.15) is 12.6 Å². The fraction of sp³-hybridized carbons (Fsp3) is 0.350. The lowest BCUT2D eigenvalue weighted by atomic mass is 10.1. The normalized spacial score (nSPS) is 12.6. The Labute approximate surface area is 170 Å². The van der Waals surface area contributed by atoms with E-state index in [1.54, 1.807) is 12.1 Å². The predicted molar refractivity (Wildman–Crippen MR) is 108 cm³/mol. The van der Waals surface area contributed by atoms with Crippen molar-refractivity contribution in [1.82, 2.24) is 4.72 Å². The summed E-state index contributed by atoms with van der Waals surface area (Å²) in [6, 6.07) is 10.9. The zero-order valence-electron chi connectivity index (χ0n) is 16.5. The Bertz CT molecular complexity index is 953. The molecule has 29 heavy (non-hydrogen) atoms. The van der Waals surface area contributed by atoms with Crippen LogP contribution < -0.4 is 4.72 Å². The second-order valence-corrected chi connectivity index (χ2v) is 8.86. The van der Waals surface area contributed by atoms with Crippen molar-refractivity contribution >= 4 is 21.7 Å². The van der Waals surface area contributed by atoms with E-state index in [2.05, 4.69) is 4.72 Å². The number of ether oxygens (including phenoxy) is 1. The van der Waals surface area contributed by atoms with Crippen molar-refractivity contribution in [3.63, 3.8) is 0 Å². The monoisotopic (exact) mass is 420 g/mol. The molecule has 156 valence electrons. The molecule has 2 aromatic rings. The smallest absolute Gasteiger partial charge is 0.324 e. The molecule has 0 heterocycles. The molecular formula is C20H24N2O6S. The topological polar surface area (TPSA) is 116 Å². The van der Waals surface area contributed by atoms with Crippen molar-refractivity contribution in [2.45, 2.75) is 44.7 Å². The molecule has 8 nitrogen and oxygen atoms in total. The van der Waals surface area contributed by atoms with Gasteiger partial charge in [-0.15, -0.1) is 0 Å². The highest BCUT2D eigenvalue weighted by Crippen LogP contribution is 2.16. The van der Waals surface area contributed by atoms with Crippen molar-refractivity contribution in [2.24, 2.45) is 5.92 Å². The van der Waals surface area contributed by atoms with E-state index in [4.69, 9.17) is 4.74 Å². The zero-order chi connectivity index (χ0) is 21.6. The van der Waals surface area contributed by atoms with E-state index in [0.29, 0.717) is 5.56 Å². The van der Waals surface area contributed by atoms with Crippen LogP contribution in [0.1, 0.15) is 31.4 Å². The van der Waals surface area contributed by atoms with Crippen LogP contribution in [0.5, 0.6) is 0 Å². The van der Waals surface area contributed by atoms with Crippen molar-refractivity contribution in [1.29, 1.82) is 0 Å². The molecule has 0 saturated heterocycles. The molecule has 0 aliphatic rings. The number of benzene rings is 2. The number of carbonyl (C=O) groups is 1. The number of carbonyl (C=O) groups excluding carboxylic acids is 1. The third kappa shape index (κ3) is 6.65. The number of nitro groups is 1. The quantitative estimate of drug-likeness (QED) is 0.378. The summed E-state index contributed by atoms with van der Waals surface area (Å²) in [4.78, 5) is 22.8. The van der Waals surface area contributed by atoms with E-state index in [1.165, 1.54) is 36.4 Å². The van der Waals surface area contributed by atoms with Crippen LogP contribution in [-0.2, 0) is 26.2 Å². The number of aryl methyl sites for hydroxylation is 1. The van der Waals surface area contributed by atoms with Gasteiger partial charge >= 0.3 is 5.97 Å². The van der Waals surface area contributed by atoms with Crippen LogP contribution in [-0.4, -0.2) is 25.4 Å². The number of sulfonamides is 1. The molecule has 0 spiro atoms. The van der Waals surface area contributed by atoms with Crippen LogP contribution in [0.15, 0.2) is 53.4 Å². The Kier molecular flexibility index (Phi) is 7.46. The molecule has 0 radical (unpaired) electrons. The SMILES string of the molecule is Cc1ccc(S(=O)(=O)N[C@H](CC(C)C)C(=O)OCc2ccc([N+](=O)[O-])cc2)cc1. The van der Waals surface area contributed by atoms with Gasteiger partial charge in [-0.3, -0.25) is 14.9 Å². The van der Waals surface area contributed by atoms with Crippen molar-refractivity contribution in [2.75, 3.05) is 0 Å². The Morgan fingerprint density at radius 3 is 2.21 bits per heavy atom. The summed E-state index contributed by atoms with van der Waals surface area (Å²) in [5.74, 6) is -0.652. The van der Waals surface area contributed by atoms with E-state index in [-0.39, 0.29) is 29.5 Å². The number of rotatable bonds is 9.